The summed E-state index contributed by atoms with van der Waals surface area (Å²) in [5.41, 5.74) is 2.20. The largest absolute Gasteiger partial charge is 0.321 e. The summed E-state index contributed by atoms with van der Waals surface area (Å²) in [4.78, 5) is 14.9. The third kappa shape index (κ3) is 1.58. The zero-order valence-electron chi connectivity index (χ0n) is 9.77. The molecule has 3 aromatic rings. The molecule has 0 aliphatic carbocycles. The van der Waals surface area contributed by atoms with E-state index in [0.29, 0.717) is 11.4 Å². The Morgan fingerprint density at radius 1 is 1.33 bits per heavy atom. The SMILES string of the molecule is CCc1cccc2cc(-c3nn[nH]n3)c(=O)[nH]c12. The maximum atomic E-state index is 12.0. The first-order valence-corrected chi connectivity index (χ1v) is 5.68. The van der Waals surface area contributed by atoms with Crippen LogP contribution < -0.4 is 5.56 Å². The number of hydrogen-bond donors (Lipinski definition) is 2. The highest BCUT2D eigenvalue weighted by Crippen LogP contribution is 2.19. The highest BCUT2D eigenvalue weighted by atomic mass is 16.1. The normalized spacial score (nSPS) is 10.9. The van der Waals surface area contributed by atoms with E-state index < -0.39 is 0 Å². The lowest BCUT2D eigenvalue weighted by Gasteiger charge is -2.04. The molecule has 3 rings (SSSR count). The Morgan fingerprint density at radius 2 is 2.22 bits per heavy atom. The van der Waals surface area contributed by atoms with Crippen LogP contribution >= 0.6 is 0 Å². The number of para-hydroxylation sites is 1. The van der Waals surface area contributed by atoms with Crippen molar-refractivity contribution in [2.75, 3.05) is 0 Å². The monoisotopic (exact) mass is 241 g/mol. The molecule has 0 radical (unpaired) electrons. The molecule has 0 aliphatic rings. The maximum absolute atomic E-state index is 12.0. The third-order valence-electron chi connectivity index (χ3n) is 2.93. The summed E-state index contributed by atoms with van der Waals surface area (Å²) in [5, 5.41) is 14.4. The van der Waals surface area contributed by atoms with Crippen molar-refractivity contribution in [3.05, 3.63) is 40.2 Å². The smallest absolute Gasteiger partial charge is 0.259 e. The van der Waals surface area contributed by atoms with Crippen LogP contribution in [0.2, 0.25) is 0 Å². The number of nitrogens with one attached hydrogen (secondary N) is 2. The van der Waals surface area contributed by atoms with Gasteiger partial charge < -0.3 is 4.98 Å². The summed E-state index contributed by atoms with van der Waals surface area (Å²) in [6, 6.07) is 7.72. The Bertz CT molecular complexity index is 745. The second-order valence-corrected chi connectivity index (χ2v) is 3.98. The Labute approximate surface area is 102 Å². The molecule has 0 unspecified atom stereocenters. The summed E-state index contributed by atoms with van der Waals surface area (Å²) < 4.78 is 0. The topological polar surface area (TPSA) is 87.3 Å². The lowest BCUT2D eigenvalue weighted by molar-refractivity contribution is 0.881. The fourth-order valence-electron chi connectivity index (χ4n) is 2.03. The van der Waals surface area contributed by atoms with E-state index in [1.807, 2.05) is 18.2 Å². The molecule has 0 saturated carbocycles. The van der Waals surface area contributed by atoms with Crippen LogP contribution in [-0.4, -0.2) is 25.6 Å². The van der Waals surface area contributed by atoms with Crippen LogP contribution in [0.1, 0.15) is 12.5 Å². The Morgan fingerprint density at radius 3 is 2.94 bits per heavy atom. The van der Waals surface area contributed by atoms with E-state index in [0.717, 1.165) is 22.9 Å². The van der Waals surface area contributed by atoms with Gasteiger partial charge in [-0.3, -0.25) is 4.79 Å². The van der Waals surface area contributed by atoms with E-state index in [2.05, 4.69) is 32.5 Å². The van der Waals surface area contributed by atoms with Gasteiger partial charge in [-0.1, -0.05) is 25.1 Å². The van der Waals surface area contributed by atoms with E-state index in [1.54, 1.807) is 6.07 Å². The number of benzene rings is 1. The number of hydrogen-bond acceptors (Lipinski definition) is 4. The Kier molecular flexibility index (Phi) is 2.40. The third-order valence-corrected chi connectivity index (χ3v) is 2.93. The van der Waals surface area contributed by atoms with E-state index in [4.69, 9.17) is 0 Å². The first-order chi connectivity index (χ1) is 8.79. The minimum absolute atomic E-state index is 0.204. The van der Waals surface area contributed by atoms with Crippen LogP contribution in [0.4, 0.5) is 0 Å². The molecule has 0 amide bonds. The fraction of sp³-hybridized carbons (Fsp3) is 0.167. The Balaban J connectivity index is 2.32. The number of aryl methyl sites for hydroxylation is 1. The van der Waals surface area contributed by atoms with Gasteiger partial charge in [0.15, 0.2) is 0 Å². The van der Waals surface area contributed by atoms with Gasteiger partial charge in [-0.2, -0.15) is 5.21 Å². The highest BCUT2D eigenvalue weighted by Gasteiger charge is 2.10. The molecule has 0 saturated heterocycles. The van der Waals surface area contributed by atoms with Crippen LogP contribution in [0.15, 0.2) is 29.1 Å². The molecular formula is C12H11N5O. The van der Waals surface area contributed by atoms with Crippen molar-refractivity contribution < 1.29 is 0 Å². The van der Waals surface area contributed by atoms with E-state index in [-0.39, 0.29) is 5.56 Å². The molecular weight excluding hydrogens is 230 g/mol. The van der Waals surface area contributed by atoms with Crippen molar-refractivity contribution in [3.63, 3.8) is 0 Å². The molecule has 6 heteroatoms. The number of aromatic amines is 2. The number of pyridine rings is 1. The number of aromatic nitrogens is 5. The second kappa shape index (κ2) is 4.06. The van der Waals surface area contributed by atoms with Crippen molar-refractivity contribution in [2.24, 2.45) is 0 Å². The highest BCUT2D eigenvalue weighted by molar-refractivity contribution is 5.84. The molecule has 1 aromatic carbocycles. The van der Waals surface area contributed by atoms with Crippen molar-refractivity contribution in [1.29, 1.82) is 0 Å². The van der Waals surface area contributed by atoms with Gasteiger partial charge in [0.05, 0.1) is 11.1 Å². The first kappa shape index (κ1) is 10.6. The fourth-order valence-corrected chi connectivity index (χ4v) is 2.03. The molecule has 6 nitrogen and oxygen atoms in total. The minimum Gasteiger partial charge on any atom is -0.321 e. The average molecular weight is 241 g/mol. The van der Waals surface area contributed by atoms with Crippen molar-refractivity contribution in [2.45, 2.75) is 13.3 Å². The van der Waals surface area contributed by atoms with Crippen LogP contribution in [0.3, 0.4) is 0 Å². The number of rotatable bonds is 2. The van der Waals surface area contributed by atoms with Gasteiger partial charge in [-0.05, 0) is 28.7 Å². The van der Waals surface area contributed by atoms with Gasteiger partial charge in [0.25, 0.3) is 5.56 Å². The van der Waals surface area contributed by atoms with Crippen LogP contribution in [-0.2, 0) is 6.42 Å². The van der Waals surface area contributed by atoms with Crippen molar-refractivity contribution in [1.82, 2.24) is 25.6 Å². The van der Waals surface area contributed by atoms with Gasteiger partial charge >= 0.3 is 0 Å². The molecule has 0 fully saturated rings. The number of tetrazole rings is 1. The van der Waals surface area contributed by atoms with Crippen molar-refractivity contribution >= 4 is 10.9 Å². The summed E-state index contributed by atoms with van der Waals surface area (Å²) >= 11 is 0. The summed E-state index contributed by atoms with van der Waals surface area (Å²) in [5.74, 6) is 0.306. The van der Waals surface area contributed by atoms with Gasteiger partial charge in [-0.15, -0.1) is 10.2 Å². The standard InChI is InChI=1S/C12H11N5O/c1-2-7-4-3-5-8-6-9(11-14-16-17-15-11)12(18)13-10(7)8/h3-6H,2H2,1H3,(H,13,18)(H,14,15,16,17). The van der Waals surface area contributed by atoms with E-state index in [9.17, 15) is 4.79 Å². The lowest BCUT2D eigenvalue weighted by atomic mass is 10.1. The summed E-state index contributed by atoms with van der Waals surface area (Å²) in [6.45, 7) is 2.06. The minimum atomic E-state index is -0.204. The molecule has 18 heavy (non-hydrogen) atoms. The summed E-state index contributed by atoms with van der Waals surface area (Å²) in [7, 11) is 0. The lowest BCUT2D eigenvalue weighted by Crippen LogP contribution is -2.10. The number of fused-ring (bicyclic) bond motifs is 1. The van der Waals surface area contributed by atoms with Gasteiger partial charge in [-0.25, -0.2) is 0 Å². The molecule has 0 aliphatic heterocycles. The van der Waals surface area contributed by atoms with Crippen LogP contribution in [0.25, 0.3) is 22.3 Å². The van der Waals surface area contributed by atoms with E-state index in [1.165, 1.54) is 0 Å². The van der Waals surface area contributed by atoms with Crippen LogP contribution in [0, 0.1) is 0 Å². The predicted octanol–water partition coefficient (Wildman–Crippen LogP) is 1.27. The molecule has 0 spiro atoms. The van der Waals surface area contributed by atoms with Gasteiger partial charge in [0.1, 0.15) is 0 Å². The molecule has 0 atom stereocenters. The second-order valence-electron chi connectivity index (χ2n) is 3.98. The summed E-state index contributed by atoms with van der Waals surface area (Å²) in [6.07, 6.45) is 0.870. The predicted molar refractivity (Wildman–Crippen MR) is 67.1 cm³/mol. The molecule has 90 valence electrons. The molecule has 0 bridgehead atoms. The van der Waals surface area contributed by atoms with Gasteiger partial charge in [0, 0.05) is 0 Å². The molecule has 2 aromatic heterocycles. The Hall–Kier alpha value is -2.50. The number of nitrogens with zero attached hydrogens (tertiary/aromatic N) is 3. The van der Waals surface area contributed by atoms with Crippen molar-refractivity contribution in [3.8, 4) is 11.4 Å². The average Bonchev–Trinajstić information content (AvgIpc) is 2.91. The zero-order valence-corrected chi connectivity index (χ0v) is 9.77. The van der Waals surface area contributed by atoms with E-state index >= 15 is 0 Å². The number of H-pyrrole nitrogens is 2. The first-order valence-electron chi connectivity index (χ1n) is 5.68. The van der Waals surface area contributed by atoms with Gasteiger partial charge in [0.2, 0.25) is 5.82 Å². The molecule has 2 N–H and O–H groups in total. The van der Waals surface area contributed by atoms with Crippen LogP contribution in [0.5, 0.6) is 0 Å². The zero-order chi connectivity index (χ0) is 12.5. The maximum Gasteiger partial charge on any atom is 0.259 e. The quantitative estimate of drug-likeness (QED) is 0.707. The molecule has 2 heterocycles.